The van der Waals surface area contributed by atoms with E-state index in [4.69, 9.17) is 0 Å². The Morgan fingerprint density at radius 1 is 0.857 bits per heavy atom. The third-order valence-electron chi connectivity index (χ3n) is 5.34. The second kappa shape index (κ2) is 12.4. The fraction of sp³-hybridized carbons (Fsp3) is 0.583. The van der Waals surface area contributed by atoms with Crippen LogP contribution < -0.4 is 0 Å². The van der Waals surface area contributed by atoms with Crippen LogP contribution in [0.4, 0.5) is 0 Å². The van der Waals surface area contributed by atoms with Gasteiger partial charge in [0.05, 0.1) is 4.91 Å². The topological polar surface area (TPSA) is 34.1 Å². The number of sulfone groups is 1. The van der Waals surface area contributed by atoms with E-state index >= 15 is 0 Å². The van der Waals surface area contributed by atoms with Crippen LogP contribution in [0.15, 0.2) is 39.5 Å². The van der Waals surface area contributed by atoms with Crippen LogP contribution in [0.5, 0.6) is 0 Å². The molecule has 0 amide bonds. The van der Waals surface area contributed by atoms with E-state index in [-0.39, 0.29) is 0 Å². The third kappa shape index (κ3) is 7.36. The van der Waals surface area contributed by atoms with Crippen LogP contribution in [0.2, 0.25) is 0 Å². The number of allylic oxidation sites excluding steroid dienone is 3. The van der Waals surface area contributed by atoms with Gasteiger partial charge in [-0.3, -0.25) is 0 Å². The molecule has 0 N–H and O–H groups in total. The minimum atomic E-state index is -3.26. The van der Waals surface area contributed by atoms with Crippen molar-refractivity contribution < 1.29 is 8.42 Å². The van der Waals surface area contributed by atoms with Crippen molar-refractivity contribution in [2.45, 2.75) is 90.9 Å². The summed E-state index contributed by atoms with van der Waals surface area (Å²) in [6.07, 6.45) is 19.9. The van der Waals surface area contributed by atoms with Gasteiger partial charge in [0.1, 0.15) is 0 Å². The van der Waals surface area contributed by atoms with E-state index in [9.17, 15) is 8.42 Å². The molecule has 1 aliphatic heterocycles. The van der Waals surface area contributed by atoms with Crippen molar-refractivity contribution in [1.82, 2.24) is 0 Å². The van der Waals surface area contributed by atoms with Crippen molar-refractivity contribution in [3.63, 3.8) is 0 Å². The van der Waals surface area contributed by atoms with Crippen LogP contribution in [0.3, 0.4) is 0 Å². The van der Waals surface area contributed by atoms with Crippen LogP contribution in [0, 0.1) is 0 Å². The average Bonchev–Trinajstić information content (AvgIpc) is 3.23. The summed E-state index contributed by atoms with van der Waals surface area (Å²) < 4.78 is 24.9. The van der Waals surface area contributed by atoms with Gasteiger partial charge in [0.25, 0.3) is 0 Å². The summed E-state index contributed by atoms with van der Waals surface area (Å²) in [6, 6.07) is 2.19. The highest BCUT2D eigenvalue weighted by molar-refractivity contribution is 7.98. The molecule has 156 valence electrons. The van der Waals surface area contributed by atoms with Crippen LogP contribution in [0.1, 0.15) is 94.9 Å². The van der Waals surface area contributed by atoms with Crippen molar-refractivity contribution >= 4 is 27.3 Å². The van der Waals surface area contributed by atoms with Gasteiger partial charge in [0, 0.05) is 10.3 Å². The quantitative estimate of drug-likeness (QED) is 0.287. The van der Waals surface area contributed by atoms with Gasteiger partial charge in [-0.25, -0.2) is 8.42 Å². The van der Waals surface area contributed by atoms with Gasteiger partial charge >= 0.3 is 0 Å². The first-order chi connectivity index (χ1) is 13.6. The second-order valence-electron chi connectivity index (χ2n) is 7.71. The van der Waals surface area contributed by atoms with Gasteiger partial charge < -0.3 is 0 Å². The first kappa shape index (κ1) is 23.2. The SMILES string of the molecule is CCCCCCCC1=C(/C=C/c2sccc2CCCCCCC)S(=O)(=O)C=C1. The highest BCUT2D eigenvalue weighted by Gasteiger charge is 2.21. The van der Waals surface area contributed by atoms with E-state index in [2.05, 4.69) is 25.3 Å². The molecule has 1 aromatic rings. The van der Waals surface area contributed by atoms with Crippen molar-refractivity contribution in [3.8, 4) is 0 Å². The van der Waals surface area contributed by atoms with E-state index in [1.165, 1.54) is 73.6 Å². The molecule has 0 spiro atoms. The Morgan fingerprint density at radius 3 is 2.18 bits per heavy atom. The normalized spacial score (nSPS) is 15.9. The first-order valence-electron chi connectivity index (χ1n) is 11.0. The zero-order chi connectivity index (χ0) is 20.2. The molecule has 28 heavy (non-hydrogen) atoms. The van der Waals surface area contributed by atoms with E-state index in [0.717, 1.165) is 24.8 Å². The van der Waals surface area contributed by atoms with Gasteiger partial charge in [-0.1, -0.05) is 65.2 Å². The van der Waals surface area contributed by atoms with E-state index < -0.39 is 9.84 Å². The lowest BCUT2D eigenvalue weighted by Gasteiger charge is -2.04. The molecule has 0 radical (unpaired) electrons. The number of hydrogen-bond donors (Lipinski definition) is 0. The Labute approximate surface area is 176 Å². The van der Waals surface area contributed by atoms with Gasteiger partial charge in [-0.05, 0) is 66.5 Å². The number of rotatable bonds is 14. The summed E-state index contributed by atoms with van der Waals surface area (Å²) in [6.45, 7) is 4.45. The maximum absolute atomic E-state index is 12.4. The summed E-state index contributed by atoms with van der Waals surface area (Å²) in [5.74, 6) is 0. The van der Waals surface area contributed by atoms with Crippen LogP contribution in [-0.4, -0.2) is 8.42 Å². The largest absolute Gasteiger partial charge is 0.219 e. The molecule has 0 aromatic carbocycles. The maximum atomic E-state index is 12.4. The fourth-order valence-electron chi connectivity index (χ4n) is 3.61. The molecule has 0 unspecified atom stereocenters. The minimum absolute atomic E-state index is 0.505. The molecular formula is C24H36O2S2. The van der Waals surface area contributed by atoms with Gasteiger partial charge in [-0.15, -0.1) is 11.3 Å². The molecule has 0 aliphatic carbocycles. The molecule has 2 rings (SSSR count). The Hall–Kier alpha value is -1.13. The molecule has 4 heteroatoms. The Balaban J connectivity index is 1.98. The monoisotopic (exact) mass is 420 g/mol. The molecule has 0 fully saturated rings. The lowest BCUT2D eigenvalue weighted by Crippen LogP contribution is -1.95. The third-order valence-corrected chi connectivity index (χ3v) is 7.77. The second-order valence-corrected chi connectivity index (χ2v) is 10.5. The van der Waals surface area contributed by atoms with E-state index in [0.29, 0.717) is 4.91 Å². The van der Waals surface area contributed by atoms with Crippen molar-refractivity contribution in [3.05, 3.63) is 49.9 Å². The molecular weight excluding hydrogens is 384 g/mol. The van der Waals surface area contributed by atoms with Crippen LogP contribution in [-0.2, 0) is 16.3 Å². The Kier molecular flexibility index (Phi) is 10.3. The van der Waals surface area contributed by atoms with E-state index in [1.54, 1.807) is 17.4 Å². The zero-order valence-corrected chi connectivity index (χ0v) is 19.2. The number of hydrogen-bond acceptors (Lipinski definition) is 3. The number of thiophene rings is 1. The fourth-order valence-corrected chi connectivity index (χ4v) is 5.74. The zero-order valence-electron chi connectivity index (χ0n) is 17.6. The highest BCUT2D eigenvalue weighted by Crippen LogP contribution is 2.30. The van der Waals surface area contributed by atoms with Gasteiger partial charge in [-0.2, -0.15) is 0 Å². The highest BCUT2D eigenvalue weighted by atomic mass is 32.2. The molecule has 0 saturated carbocycles. The summed E-state index contributed by atoms with van der Waals surface area (Å²) in [4.78, 5) is 1.71. The predicted octanol–water partition coefficient (Wildman–Crippen LogP) is 7.83. The minimum Gasteiger partial charge on any atom is -0.219 e. The molecule has 0 atom stereocenters. The summed E-state index contributed by atoms with van der Waals surface area (Å²) in [7, 11) is -3.26. The molecule has 0 bridgehead atoms. The lowest BCUT2D eigenvalue weighted by atomic mass is 10.0. The van der Waals surface area contributed by atoms with Crippen LogP contribution >= 0.6 is 11.3 Å². The number of unbranched alkanes of at least 4 members (excludes halogenated alkanes) is 8. The maximum Gasteiger partial charge on any atom is 0.200 e. The van der Waals surface area contributed by atoms with Crippen molar-refractivity contribution in [2.24, 2.45) is 0 Å². The first-order valence-corrected chi connectivity index (χ1v) is 13.4. The predicted molar refractivity (Wildman–Crippen MR) is 124 cm³/mol. The summed E-state index contributed by atoms with van der Waals surface area (Å²) in [5, 5.41) is 3.49. The van der Waals surface area contributed by atoms with Crippen LogP contribution in [0.25, 0.3) is 6.08 Å². The van der Waals surface area contributed by atoms with Gasteiger partial charge in [0.15, 0.2) is 9.84 Å². The smallest absolute Gasteiger partial charge is 0.200 e. The average molecular weight is 421 g/mol. The Morgan fingerprint density at radius 2 is 1.50 bits per heavy atom. The van der Waals surface area contributed by atoms with E-state index in [1.807, 2.05) is 12.2 Å². The molecule has 1 aliphatic rings. The van der Waals surface area contributed by atoms with Crippen molar-refractivity contribution in [2.75, 3.05) is 0 Å². The molecule has 0 saturated heterocycles. The lowest BCUT2D eigenvalue weighted by molar-refractivity contribution is 0.611. The number of aryl methyl sites for hydroxylation is 1. The molecule has 1 aromatic heterocycles. The van der Waals surface area contributed by atoms with Crippen molar-refractivity contribution in [1.29, 1.82) is 0 Å². The standard InChI is InChI=1S/C24H36O2S2/c1-3-5-7-9-11-13-21-17-19-27-23(21)15-16-24-22(18-20-28(24,25)26)14-12-10-8-6-4-2/h15-20H,3-14H2,1-2H3/b16-15+. The molecule has 2 heterocycles. The summed E-state index contributed by atoms with van der Waals surface area (Å²) in [5.41, 5.74) is 2.33. The van der Waals surface area contributed by atoms with Gasteiger partial charge in [0.2, 0.25) is 0 Å². The Bertz CT molecular complexity index is 779. The molecule has 2 nitrogen and oxygen atoms in total. The summed E-state index contributed by atoms with van der Waals surface area (Å²) >= 11 is 1.70.